The topological polar surface area (TPSA) is 137 Å². The van der Waals surface area contributed by atoms with E-state index < -0.39 is 0 Å². The lowest BCUT2D eigenvalue weighted by Crippen LogP contribution is -2.30. The predicted molar refractivity (Wildman–Crippen MR) is 154 cm³/mol. The van der Waals surface area contributed by atoms with Crippen LogP contribution in [-0.2, 0) is 4.79 Å². The van der Waals surface area contributed by atoms with E-state index in [2.05, 4.69) is 51.8 Å². The van der Waals surface area contributed by atoms with E-state index in [4.69, 9.17) is 0 Å². The summed E-state index contributed by atoms with van der Waals surface area (Å²) >= 11 is 0. The third kappa shape index (κ3) is 4.69. The van der Waals surface area contributed by atoms with E-state index in [1.807, 2.05) is 42.9 Å². The maximum Gasteiger partial charge on any atom is 0.224 e. The lowest BCUT2D eigenvalue weighted by Gasteiger charge is -2.21. The molecule has 0 atom stereocenters. The Hall–Kier alpha value is -4.96. The summed E-state index contributed by atoms with van der Waals surface area (Å²) in [5, 5.41) is 16.0. The maximum absolute atomic E-state index is 12.7. The molecular weight excluding hydrogens is 502 g/mol. The number of amides is 1. The van der Waals surface area contributed by atoms with Crippen molar-refractivity contribution in [2.75, 3.05) is 18.4 Å². The third-order valence-electron chi connectivity index (χ3n) is 7.47. The number of hydrogen-bond donors (Lipinski definition) is 4. The third-order valence-corrected chi connectivity index (χ3v) is 7.47. The van der Waals surface area contributed by atoms with Gasteiger partial charge in [0.25, 0.3) is 0 Å². The molecule has 1 saturated heterocycles. The smallest absolute Gasteiger partial charge is 0.224 e. The molecule has 0 spiro atoms. The average Bonchev–Trinajstić information content (AvgIpc) is 3.62. The van der Waals surface area contributed by atoms with Gasteiger partial charge in [-0.05, 0) is 56.1 Å². The lowest BCUT2D eigenvalue weighted by molar-refractivity contribution is -0.117. The van der Waals surface area contributed by atoms with Crippen LogP contribution in [0.15, 0.2) is 73.7 Å². The number of anilines is 1. The van der Waals surface area contributed by atoms with Gasteiger partial charge in [0.15, 0.2) is 0 Å². The fourth-order valence-electron chi connectivity index (χ4n) is 5.42. The number of piperidine rings is 1. The molecule has 7 rings (SSSR count). The van der Waals surface area contributed by atoms with Crippen molar-refractivity contribution in [3.05, 3.63) is 73.7 Å². The molecule has 1 aliphatic heterocycles. The van der Waals surface area contributed by atoms with Crippen LogP contribution in [0, 0.1) is 5.92 Å². The number of fused-ring (bicyclic) bond motifs is 2. The van der Waals surface area contributed by atoms with Crippen LogP contribution in [0.25, 0.3) is 55.6 Å². The molecule has 1 aliphatic rings. The fraction of sp³-hybridized carbons (Fsp3) is 0.200. The van der Waals surface area contributed by atoms with Crippen molar-refractivity contribution in [1.82, 2.24) is 40.4 Å². The normalized spacial score (nSPS) is 14.1. The van der Waals surface area contributed by atoms with E-state index in [-0.39, 0.29) is 5.91 Å². The quantitative estimate of drug-likeness (QED) is 0.239. The zero-order valence-electron chi connectivity index (χ0n) is 21.7. The molecule has 198 valence electrons. The van der Waals surface area contributed by atoms with Gasteiger partial charge in [-0.2, -0.15) is 5.10 Å². The van der Waals surface area contributed by atoms with Gasteiger partial charge in [-0.15, -0.1) is 0 Å². The molecule has 0 aromatic carbocycles. The van der Waals surface area contributed by atoms with Crippen molar-refractivity contribution < 1.29 is 4.79 Å². The summed E-state index contributed by atoms with van der Waals surface area (Å²) in [4.78, 5) is 33.8. The van der Waals surface area contributed by atoms with Crippen LogP contribution in [0.2, 0.25) is 0 Å². The van der Waals surface area contributed by atoms with Crippen molar-refractivity contribution in [3.8, 4) is 33.8 Å². The molecule has 1 fully saturated rings. The second kappa shape index (κ2) is 10.3. The molecule has 7 heterocycles. The standard InChI is InChI=1S/C30H27N9O/c40-29(8-18-3-6-31-7-4-18)36-21-9-20(13-33-14-21)25-11-23-28(17-35-25)38-39-30(23)26-10-22-24(15-34-16-27(22)37-26)19-2-1-5-32-12-19/h1-2,5,9-18,31,37H,3-4,6-8H2,(H,36,40)(H,38,39). The molecular formula is C30H27N9O. The fourth-order valence-corrected chi connectivity index (χ4v) is 5.42. The summed E-state index contributed by atoms with van der Waals surface area (Å²) in [6.07, 6.45) is 15.0. The van der Waals surface area contributed by atoms with E-state index in [1.165, 1.54) is 0 Å². The van der Waals surface area contributed by atoms with Crippen molar-refractivity contribution in [2.45, 2.75) is 19.3 Å². The number of pyridine rings is 4. The number of nitrogens with one attached hydrogen (secondary N) is 4. The van der Waals surface area contributed by atoms with Crippen LogP contribution in [0.4, 0.5) is 5.69 Å². The molecule has 0 radical (unpaired) electrons. The first-order chi connectivity index (χ1) is 19.7. The highest BCUT2D eigenvalue weighted by molar-refractivity contribution is 6.01. The van der Waals surface area contributed by atoms with Gasteiger partial charge in [-0.3, -0.25) is 29.8 Å². The van der Waals surface area contributed by atoms with Crippen molar-refractivity contribution in [1.29, 1.82) is 0 Å². The van der Waals surface area contributed by atoms with Crippen LogP contribution in [-0.4, -0.2) is 54.1 Å². The Balaban J connectivity index is 1.19. The summed E-state index contributed by atoms with van der Waals surface area (Å²) in [6, 6.07) is 9.94. The largest absolute Gasteiger partial charge is 0.352 e. The molecule has 0 unspecified atom stereocenters. The Labute approximate surface area is 229 Å². The second-order valence-corrected chi connectivity index (χ2v) is 10.2. The van der Waals surface area contributed by atoms with Gasteiger partial charge < -0.3 is 15.6 Å². The summed E-state index contributed by atoms with van der Waals surface area (Å²) in [5.74, 6) is 0.437. The molecule has 4 N–H and O–H groups in total. The van der Waals surface area contributed by atoms with Crippen LogP contribution in [0.1, 0.15) is 19.3 Å². The SMILES string of the molecule is O=C(CC1CCNCC1)Nc1cncc(-c2cc3c(-c4cc5c(-c6cccnc6)cncc5[nH]4)n[nH]c3cn2)c1. The Morgan fingerprint density at radius 3 is 2.65 bits per heavy atom. The minimum absolute atomic E-state index is 0.0188. The van der Waals surface area contributed by atoms with Gasteiger partial charge in [0.05, 0.1) is 46.7 Å². The first kappa shape index (κ1) is 24.1. The summed E-state index contributed by atoms with van der Waals surface area (Å²) < 4.78 is 0. The molecule has 6 aromatic rings. The first-order valence-electron chi connectivity index (χ1n) is 13.4. The van der Waals surface area contributed by atoms with Gasteiger partial charge in [0.1, 0.15) is 5.69 Å². The molecule has 10 nitrogen and oxygen atoms in total. The molecule has 6 aromatic heterocycles. The Morgan fingerprint density at radius 1 is 0.900 bits per heavy atom. The molecule has 0 saturated carbocycles. The number of aromatic nitrogens is 7. The van der Waals surface area contributed by atoms with Crippen LogP contribution in [0.5, 0.6) is 0 Å². The summed E-state index contributed by atoms with van der Waals surface area (Å²) in [7, 11) is 0. The minimum atomic E-state index is 0.0188. The highest BCUT2D eigenvalue weighted by atomic mass is 16.1. The number of carbonyl (C=O) groups excluding carboxylic acids is 1. The highest BCUT2D eigenvalue weighted by Gasteiger charge is 2.18. The predicted octanol–water partition coefficient (Wildman–Crippen LogP) is 4.95. The van der Waals surface area contributed by atoms with E-state index in [0.29, 0.717) is 18.0 Å². The Morgan fingerprint density at radius 2 is 1.77 bits per heavy atom. The van der Waals surface area contributed by atoms with E-state index in [0.717, 1.165) is 81.5 Å². The number of aromatic amines is 2. The molecule has 10 heteroatoms. The van der Waals surface area contributed by atoms with Crippen molar-refractivity contribution in [2.24, 2.45) is 5.92 Å². The monoisotopic (exact) mass is 529 g/mol. The van der Waals surface area contributed by atoms with E-state index in [9.17, 15) is 4.79 Å². The second-order valence-electron chi connectivity index (χ2n) is 10.2. The maximum atomic E-state index is 12.7. The number of nitrogens with zero attached hydrogens (tertiary/aromatic N) is 5. The number of H-pyrrole nitrogens is 2. The zero-order valence-corrected chi connectivity index (χ0v) is 21.7. The van der Waals surface area contributed by atoms with Crippen molar-refractivity contribution >= 4 is 33.4 Å². The first-order valence-corrected chi connectivity index (χ1v) is 13.4. The van der Waals surface area contributed by atoms with Crippen LogP contribution < -0.4 is 10.6 Å². The average molecular weight is 530 g/mol. The number of hydrogen-bond acceptors (Lipinski definition) is 7. The van der Waals surface area contributed by atoms with E-state index >= 15 is 0 Å². The number of rotatable bonds is 6. The highest BCUT2D eigenvalue weighted by Crippen LogP contribution is 2.34. The Bertz CT molecular complexity index is 1820. The minimum Gasteiger partial charge on any atom is -0.352 e. The van der Waals surface area contributed by atoms with Crippen molar-refractivity contribution in [3.63, 3.8) is 0 Å². The summed E-state index contributed by atoms with van der Waals surface area (Å²) in [5.41, 5.74) is 7.61. The van der Waals surface area contributed by atoms with Crippen LogP contribution in [0.3, 0.4) is 0 Å². The van der Waals surface area contributed by atoms with Gasteiger partial charge in [0, 0.05) is 58.7 Å². The van der Waals surface area contributed by atoms with E-state index in [1.54, 1.807) is 24.8 Å². The zero-order chi connectivity index (χ0) is 26.9. The molecule has 0 aliphatic carbocycles. The van der Waals surface area contributed by atoms with Gasteiger partial charge >= 0.3 is 0 Å². The number of carbonyl (C=O) groups is 1. The Kier molecular flexibility index (Phi) is 6.21. The summed E-state index contributed by atoms with van der Waals surface area (Å²) in [6.45, 7) is 1.94. The van der Waals surface area contributed by atoms with Crippen LogP contribution >= 0.6 is 0 Å². The molecule has 1 amide bonds. The van der Waals surface area contributed by atoms with Gasteiger partial charge in [0.2, 0.25) is 5.91 Å². The molecule has 40 heavy (non-hydrogen) atoms. The van der Waals surface area contributed by atoms with Gasteiger partial charge in [-0.25, -0.2) is 0 Å². The molecule has 0 bridgehead atoms. The lowest BCUT2D eigenvalue weighted by atomic mass is 9.94. The van der Waals surface area contributed by atoms with Gasteiger partial charge in [-0.1, -0.05) is 6.07 Å².